The average Bonchev–Trinajstić information content (AvgIpc) is 3.15. The van der Waals surface area contributed by atoms with Crippen molar-refractivity contribution in [2.24, 2.45) is 0 Å². The van der Waals surface area contributed by atoms with Crippen molar-refractivity contribution in [2.75, 3.05) is 39.3 Å². The normalized spacial score (nSPS) is 23.1. The van der Waals surface area contributed by atoms with Crippen molar-refractivity contribution in [2.45, 2.75) is 32.2 Å². The van der Waals surface area contributed by atoms with E-state index in [4.69, 9.17) is 0 Å². The molecule has 0 radical (unpaired) electrons. The highest BCUT2D eigenvalue weighted by atomic mass is 32.1. The van der Waals surface area contributed by atoms with Crippen molar-refractivity contribution in [3.05, 3.63) is 22.4 Å². The van der Waals surface area contributed by atoms with Crippen LogP contribution in [0.25, 0.3) is 0 Å². The van der Waals surface area contributed by atoms with Gasteiger partial charge in [0.2, 0.25) is 11.8 Å². The second kappa shape index (κ2) is 7.45. The molecule has 126 valence electrons. The van der Waals surface area contributed by atoms with Gasteiger partial charge in [0.1, 0.15) is 0 Å². The number of nitrogens with zero attached hydrogens (tertiary/aromatic N) is 3. The molecule has 2 fully saturated rings. The molecule has 1 aromatic rings. The van der Waals surface area contributed by atoms with Crippen LogP contribution in [0.15, 0.2) is 17.5 Å². The minimum Gasteiger partial charge on any atom is -0.342 e. The molecule has 0 aromatic carbocycles. The fourth-order valence-electron chi connectivity index (χ4n) is 3.57. The number of hydrogen-bond acceptors (Lipinski definition) is 4. The van der Waals surface area contributed by atoms with Crippen LogP contribution in [0.4, 0.5) is 0 Å². The lowest BCUT2D eigenvalue weighted by molar-refractivity contribution is -0.133. The third kappa shape index (κ3) is 3.93. The summed E-state index contributed by atoms with van der Waals surface area (Å²) in [6.07, 6.45) is 3.11. The predicted molar refractivity (Wildman–Crippen MR) is 91.3 cm³/mol. The summed E-state index contributed by atoms with van der Waals surface area (Å²) in [5, 5.41) is 2.08. The minimum atomic E-state index is 0.135. The Kier molecular flexibility index (Phi) is 5.33. The lowest BCUT2D eigenvalue weighted by atomic mass is 10.2. The summed E-state index contributed by atoms with van der Waals surface area (Å²) >= 11 is 1.74. The zero-order valence-electron chi connectivity index (χ0n) is 13.7. The van der Waals surface area contributed by atoms with Gasteiger partial charge in [-0.05, 0) is 30.7 Å². The largest absolute Gasteiger partial charge is 0.342 e. The van der Waals surface area contributed by atoms with Gasteiger partial charge in [0.25, 0.3) is 0 Å². The molecule has 0 unspecified atom stereocenters. The lowest BCUT2D eigenvalue weighted by Crippen LogP contribution is -2.41. The third-order valence-corrected chi connectivity index (χ3v) is 5.81. The minimum absolute atomic E-state index is 0.135. The highest BCUT2D eigenvalue weighted by Gasteiger charge is 2.31. The maximum Gasteiger partial charge on any atom is 0.237 e. The number of amides is 2. The summed E-state index contributed by atoms with van der Waals surface area (Å²) in [6, 6.07) is 4.46. The monoisotopic (exact) mass is 335 g/mol. The molecule has 1 aromatic heterocycles. The van der Waals surface area contributed by atoms with E-state index in [0.717, 1.165) is 52.0 Å². The summed E-state index contributed by atoms with van der Waals surface area (Å²) in [4.78, 5) is 31.7. The summed E-state index contributed by atoms with van der Waals surface area (Å²) < 4.78 is 0. The second-order valence-corrected chi connectivity index (χ2v) is 7.38. The zero-order valence-corrected chi connectivity index (χ0v) is 14.6. The van der Waals surface area contributed by atoms with Crippen molar-refractivity contribution in [1.29, 1.82) is 0 Å². The van der Waals surface area contributed by atoms with Gasteiger partial charge in [-0.25, -0.2) is 0 Å². The maximum absolute atomic E-state index is 12.8. The third-order valence-electron chi connectivity index (χ3n) is 4.84. The summed E-state index contributed by atoms with van der Waals surface area (Å²) in [7, 11) is 0. The number of likely N-dealkylation sites (tertiary alicyclic amines) is 1. The average molecular weight is 335 g/mol. The van der Waals surface area contributed by atoms with E-state index in [1.807, 2.05) is 4.90 Å². The van der Waals surface area contributed by atoms with Crippen LogP contribution in [0, 0.1) is 0 Å². The van der Waals surface area contributed by atoms with Gasteiger partial charge < -0.3 is 9.80 Å². The van der Waals surface area contributed by atoms with E-state index in [-0.39, 0.29) is 17.9 Å². The van der Waals surface area contributed by atoms with Gasteiger partial charge in [0, 0.05) is 44.5 Å². The summed E-state index contributed by atoms with van der Waals surface area (Å²) in [5.74, 6) is 0.368. The SMILES string of the molecule is CC(=O)N1CCCN(CC(=O)N2CCC[C@@H]2c2cccs2)CC1. The van der Waals surface area contributed by atoms with Gasteiger partial charge in [-0.15, -0.1) is 11.3 Å². The number of hydrogen-bond donors (Lipinski definition) is 0. The molecule has 5 nitrogen and oxygen atoms in total. The first-order valence-electron chi connectivity index (χ1n) is 8.46. The Balaban J connectivity index is 1.57. The Hall–Kier alpha value is -1.40. The summed E-state index contributed by atoms with van der Waals surface area (Å²) in [6.45, 7) is 6.20. The number of thiophene rings is 1. The molecular formula is C17H25N3O2S. The lowest BCUT2D eigenvalue weighted by Gasteiger charge is -2.27. The van der Waals surface area contributed by atoms with Gasteiger partial charge in [-0.2, -0.15) is 0 Å². The second-order valence-electron chi connectivity index (χ2n) is 6.40. The Morgan fingerprint density at radius 2 is 2.04 bits per heavy atom. The van der Waals surface area contributed by atoms with E-state index in [1.165, 1.54) is 4.88 Å². The van der Waals surface area contributed by atoms with Crippen molar-refractivity contribution >= 4 is 23.2 Å². The van der Waals surface area contributed by atoms with Crippen LogP contribution in [0.1, 0.15) is 37.1 Å². The first-order valence-corrected chi connectivity index (χ1v) is 9.34. The van der Waals surface area contributed by atoms with Crippen LogP contribution in [0.2, 0.25) is 0 Å². The van der Waals surface area contributed by atoms with Crippen molar-refractivity contribution < 1.29 is 9.59 Å². The van der Waals surface area contributed by atoms with E-state index < -0.39 is 0 Å². The first kappa shape index (κ1) is 16.5. The molecular weight excluding hydrogens is 310 g/mol. The quantitative estimate of drug-likeness (QED) is 0.848. The standard InChI is InChI=1S/C17H25N3O2S/c1-14(21)19-8-4-7-18(10-11-19)13-17(22)20-9-2-5-15(20)16-6-3-12-23-16/h3,6,12,15H,2,4-5,7-11,13H2,1H3/t15-/m1/s1. The number of rotatable bonds is 3. The molecule has 0 bridgehead atoms. The molecule has 0 N–H and O–H groups in total. The molecule has 6 heteroatoms. The van der Waals surface area contributed by atoms with Crippen LogP contribution in [-0.2, 0) is 9.59 Å². The molecule has 0 aliphatic carbocycles. The first-order chi connectivity index (χ1) is 11.1. The molecule has 2 aliphatic rings. The van der Waals surface area contributed by atoms with E-state index in [1.54, 1.807) is 18.3 Å². The van der Waals surface area contributed by atoms with Crippen molar-refractivity contribution in [3.8, 4) is 0 Å². The smallest absolute Gasteiger partial charge is 0.237 e. The fourth-order valence-corrected chi connectivity index (χ4v) is 4.44. The highest BCUT2D eigenvalue weighted by Crippen LogP contribution is 2.34. The van der Waals surface area contributed by atoms with Crippen LogP contribution < -0.4 is 0 Å². The predicted octanol–water partition coefficient (Wildman–Crippen LogP) is 1.97. The van der Waals surface area contributed by atoms with E-state index in [9.17, 15) is 9.59 Å². The molecule has 3 rings (SSSR count). The van der Waals surface area contributed by atoms with E-state index in [0.29, 0.717) is 6.54 Å². The van der Waals surface area contributed by atoms with Crippen molar-refractivity contribution in [3.63, 3.8) is 0 Å². The molecule has 1 atom stereocenters. The van der Waals surface area contributed by atoms with Gasteiger partial charge in [-0.1, -0.05) is 6.07 Å². The molecule has 0 spiro atoms. The molecule has 23 heavy (non-hydrogen) atoms. The Morgan fingerprint density at radius 3 is 2.78 bits per heavy atom. The Bertz CT molecular complexity index is 546. The Morgan fingerprint density at radius 1 is 1.17 bits per heavy atom. The van der Waals surface area contributed by atoms with E-state index in [2.05, 4.69) is 27.3 Å². The fraction of sp³-hybridized carbons (Fsp3) is 0.647. The molecule has 0 saturated carbocycles. The maximum atomic E-state index is 12.8. The number of carbonyl (C=O) groups is 2. The van der Waals surface area contributed by atoms with Gasteiger partial charge >= 0.3 is 0 Å². The molecule has 3 heterocycles. The number of carbonyl (C=O) groups excluding carboxylic acids is 2. The highest BCUT2D eigenvalue weighted by molar-refractivity contribution is 7.10. The van der Waals surface area contributed by atoms with Crippen LogP contribution >= 0.6 is 11.3 Å². The van der Waals surface area contributed by atoms with Crippen LogP contribution in [-0.4, -0.2) is 65.8 Å². The zero-order chi connectivity index (χ0) is 16.2. The molecule has 2 amide bonds. The van der Waals surface area contributed by atoms with Gasteiger partial charge in [0.15, 0.2) is 0 Å². The van der Waals surface area contributed by atoms with Crippen molar-refractivity contribution in [1.82, 2.24) is 14.7 Å². The summed E-state index contributed by atoms with van der Waals surface area (Å²) in [5.41, 5.74) is 0. The van der Waals surface area contributed by atoms with E-state index >= 15 is 0 Å². The van der Waals surface area contributed by atoms with Crippen LogP contribution in [0.3, 0.4) is 0 Å². The Labute approximate surface area is 141 Å². The van der Waals surface area contributed by atoms with Gasteiger partial charge in [-0.3, -0.25) is 14.5 Å². The van der Waals surface area contributed by atoms with Crippen LogP contribution in [0.5, 0.6) is 0 Å². The molecule has 2 aliphatic heterocycles. The van der Waals surface area contributed by atoms with Gasteiger partial charge in [0.05, 0.1) is 12.6 Å². The topological polar surface area (TPSA) is 43.9 Å². The molecule has 2 saturated heterocycles.